The highest BCUT2D eigenvalue weighted by Crippen LogP contribution is 2.42. The van der Waals surface area contributed by atoms with E-state index in [1.54, 1.807) is 24.6 Å². The van der Waals surface area contributed by atoms with Crippen LogP contribution in [0.1, 0.15) is 0 Å². The summed E-state index contributed by atoms with van der Waals surface area (Å²) in [5.74, 6) is 0.925. The summed E-state index contributed by atoms with van der Waals surface area (Å²) in [5, 5.41) is 10.7. The fourth-order valence-corrected chi connectivity index (χ4v) is 2.50. The molecule has 1 N–H and O–H groups in total. The molecule has 3 aromatic heterocycles. The average molecular weight is 217 g/mol. The molecule has 0 unspecified atom stereocenters. The molecule has 3 aromatic rings. The molecule has 0 radical (unpaired) electrons. The number of nitrogens with zero attached hydrogens (tertiary/aromatic N) is 1. The van der Waals surface area contributed by atoms with E-state index < -0.39 is 0 Å². The van der Waals surface area contributed by atoms with Gasteiger partial charge in [0.2, 0.25) is 0 Å². The minimum absolute atomic E-state index is 0.248. The fourth-order valence-electron chi connectivity index (χ4n) is 1.49. The number of hydrogen-bond donors (Lipinski definition) is 1. The van der Waals surface area contributed by atoms with E-state index in [1.165, 1.54) is 11.3 Å². The molecule has 0 atom stereocenters. The Labute approximate surface area is 89.6 Å². The number of aromatic hydroxyl groups is 1. The maximum atomic E-state index is 9.97. The first-order chi connectivity index (χ1) is 7.36. The Hall–Kier alpha value is -1.81. The molecule has 74 valence electrons. The number of hydrogen-bond acceptors (Lipinski definition) is 4. The van der Waals surface area contributed by atoms with Gasteiger partial charge in [-0.05, 0) is 24.3 Å². The van der Waals surface area contributed by atoms with E-state index in [2.05, 4.69) is 4.98 Å². The largest absolute Gasteiger partial charge is 0.506 e. The third kappa shape index (κ3) is 1.22. The van der Waals surface area contributed by atoms with Gasteiger partial charge in [0.15, 0.2) is 0 Å². The van der Waals surface area contributed by atoms with Gasteiger partial charge in [-0.2, -0.15) is 0 Å². The van der Waals surface area contributed by atoms with Crippen LogP contribution in [0.25, 0.3) is 20.9 Å². The maximum Gasteiger partial charge on any atom is 0.147 e. The molecule has 3 nitrogen and oxygen atoms in total. The zero-order valence-corrected chi connectivity index (χ0v) is 8.49. The van der Waals surface area contributed by atoms with Crippen LogP contribution in [0.15, 0.2) is 41.1 Å². The molecule has 0 spiro atoms. The van der Waals surface area contributed by atoms with Crippen molar-refractivity contribution in [3.05, 3.63) is 36.7 Å². The summed E-state index contributed by atoms with van der Waals surface area (Å²) in [5.41, 5.74) is 0. The van der Waals surface area contributed by atoms with Crippen LogP contribution in [0.5, 0.6) is 5.75 Å². The number of aromatic nitrogens is 1. The molecule has 0 amide bonds. The third-order valence-electron chi connectivity index (χ3n) is 2.19. The monoisotopic (exact) mass is 217 g/mol. The molecule has 4 heteroatoms. The van der Waals surface area contributed by atoms with Crippen molar-refractivity contribution in [2.75, 3.05) is 0 Å². The second-order valence-corrected chi connectivity index (χ2v) is 4.11. The smallest absolute Gasteiger partial charge is 0.147 e. The first-order valence-corrected chi connectivity index (χ1v) is 5.28. The standard InChI is InChI=1S/C11H7NO2S/c13-9-7-3-1-5-12-11(7)15-10(9)8-4-2-6-14-8/h1-6,13H. The maximum absolute atomic E-state index is 9.97. The summed E-state index contributed by atoms with van der Waals surface area (Å²) in [4.78, 5) is 5.74. The van der Waals surface area contributed by atoms with Crippen molar-refractivity contribution in [1.82, 2.24) is 4.98 Å². The van der Waals surface area contributed by atoms with E-state index in [1.807, 2.05) is 12.1 Å². The van der Waals surface area contributed by atoms with Gasteiger partial charge < -0.3 is 9.52 Å². The lowest BCUT2D eigenvalue weighted by Crippen LogP contribution is -1.68. The van der Waals surface area contributed by atoms with Gasteiger partial charge >= 0.3 is 0 Å². The predicted molar refractivity (Wildman–Crippen MR) is 59.0 cm³/mol. The highest BCUT2D eigenvalue weighted by molar-refractivity contribution is 7.22. The van der Waals surface area contributed by atoms with Crippen molar-refractivity contribution < 1.29 is 9.52 Å². The molecule has 0 fully saturated rings. The van der Waals surface area contributed by atoms with Crippen molar-refractivity contribution >= 4 is 21.6 Å². The molecule has 0 bridgehead atoms. The second-order valence-electron chi connectivity index (χ2n) is 3.11. The molecule has 3 heterocycles. The van der Waals surface area contributed by atoms with E-state index in [4.69, 9.17) is 4.42 Å². The fraction of sp³-hybridized carbons (Fsp3) is 0. The van der Waals surface area contributed by atoms with Crippen molar-refractivity contribution in [2.24, 2.45) is 0 Å². The van der Waals surface area contributed by atoms with Crippen molar-refractivity contribution in [2.45, 2.75) is 0 Å². The van der Waals surface area contributed by atoms with Crippen LogP contribution in [0, 0.1) is 0 Å². The van der Waals surface area contributed by atoms with Crippen LogP contribution >= 0.6 is 11.3 Å². The molecular formula is C11H7NO2S. The number of furan rings is 1. The van der Waals surface area contributed by atoms with E-state index in [0.717, 1.165) is 15.1 Å². The lowest BCUT2D eigenvalue weighted by molar-refractivity contribution is 0.482. The molecule has 0 saturated carbocycles. The van der Waals surface area contributed by atoms with Crippen LogP contribution in [0.2, 0.25) is 0 Å². The minimum Gasteiger partial charge on any atom is -0.506 e. The zero-order valence-electron chi connectivity index (χ0n) is 7.68. The van der Waals surface area contributed by atoms with Crippen LogP contribution in [0.4, 0.5) is 0 Å². The summed E-state index contributed by atoms with van der Waals surface area (Å²) in [6.07, 6.45) is 3.30. The Balaban J connectivity index is 2.33. The average Bonchev–Trinajstić information content (AvgIpc) is 2.87. The molecule has 0 aliphatic heterocycles. The van der Waals surface area contributed by atoms with Gasteiger partial charge in [-0.3, -0.25) is 0 Å². The summed E-state index contributed by atoms with van der Waals surface area (Å²) in [6.45, 7) is 0. The van der Waals surface area contributed by atoms with Gasteiger partial charge in [-0.15, -0.1) is 11.3 Å². The van der Waals surface area contributed by atoms with Gasteiger partial charge in [-0.1, -0.05) is 0 Å². The summed E-state index contributed by atoms with van der Waals surface area (Å²) >= 11 is 1.43. The van der Waals surface area contributed by atoms with Crippen LogP contribution in [0.3, 0.4) is 0 Å². The Morgan fingerprint density at radius 3 is 2.93 bits per heavy atom. The minimum atomic E-state index is 0.248. The molecular weight excluding hydrogens is 210 g/mol. The van der Waals surface area contributed by atoms with Crippen molar-refractivity contribution in [3.8, 4) is 16.4 Å². The molecule has 0 aromatic carbocycles. The predicted octanol–water partition coefficient (Wildman–Crippen LogP) is 3.26. The molecule has 3 rings (SSSR count). The Bertz CT molecular complexity index is 598. The molecule has 0 aliphatic rings. The normalized spacial score (nSPS) is 10.9. The topological polar surface area (TPSA) is 46.3 Å². The van der Waals surface area contributed by atoms with E-state index in [9.17, 15) is 5.11 Å². The van der Waals surface area contributed by atoms with Crippen molar-refractivity contribution in [3.63, 3.8) is 0 Å². The Morgan fingerprint density at radius 2 is 2.20 bits per heavy atom. The Kier molecular flexibility index (Phi) is 1.76. The summed E-state index contributed by atoms with van der Waals surface area (Å²) in [6, 6.07) is 7.28. The van der Waals surface area contributed by atoms with E-state index in [-0.39, 0.29) is 5.75 Å². The van der Waals surface area contributed by atoms with Gasteiger partial charge in [0.05, 0.1) is 11.6 Å². The lowest BCUT2D eigenvalue weighted by Gasteiger charge is -1.91. The SMILES string of the molecule is Oc1c(-c2ccco2)sc2ncccc12. The summed E-state index contributed by atoms with van der Waals surface area (Å²) in [7, 11) is 0. The van der Waals surface area contributed by atoms with Gasteiger partial charge in [0, 0.05) is 6.20 Å². The first-order valence-electron chi connectivity index (χ1n) is 4.46. The lowest BCUT2D eigenvalue weighted by atomic mass is 10.2. The Morgan fingerprint density at radius 1 is 1.27 bits per heavy atom. The van der Waals surface area contributed by atoms with E-state index in [0.29, 0.717) is 5.76 Å². The van der Waals surface area contributed by atoms with Crippen molar-refractivity contribution in [1.29, 1.82) is 0 Å². The first kappa shape index (κ1) is 8.49. The number of rotatable bonds is 1. The van der Waals surface area contributed by atoms with Gasteiger partial charge in [0.25, 0.3) is 0 Å². The molecule has 0 saturated heterocycles. The quantitative estimate of drug-likeness (QED) is 0.680. The van der Waals surface area contributed by atoms with E-state index >= 15 is 0 Å². The highest BCUT2D eigenvalue weighted by Gasteiger charge is 2.14. The van der Waals surface area contributed by atoms with Crippen LogP contribution in [-0.4, -0.2) is 10.1 Å². The second kappa shape index (κ2) is 3.10. The third-order valence-corrected chi connectivity index (χ3v) is 3.30. The summed E-state index contributed by atoms with van der Waals surface area (Å²) < 4.78 is 5.25. The van der Waals surface area contributed by atoms with Crippen LogP contribution in [-0.2, 0) is 0 Å². The molecule has 15 heavy (non-hydrogen) atoms. The number of thiophene rings is 1. The zero-order chi connectivity index (χ0) is 10.3. The number of fused-ring (bicyclic) bond motifs is 1. The van der Waals surface area contributed by atoms with Gasteiger partial charge in [-0.25, -0.2) is 4.98 Å². The number of pyridine rings is 1. The molecule has 0 aliphatic carbocycles. The van der Waals surface area contributed by atoms with Gasteiger partial charge in [0.1, 0.15) is 21.2 Å². The van der Waals surface area contributed by atoms with Crippen LogP contribution < -0.4 is 0 Å². The highest BCUT2D eigenvalue weighted by atomic mass is 32.1.